The van der Waals surface area contributed by atoms with E-state index in [9.17, 15) is 0 Å². The molecule has 0 saturated heterocycles. The lowest BCUT2D eigenvalue weighted by atomic mass is 10.1. The number of hydrogen-bond acceptors (Lipinski definition) is 4. The summed E-state index contributed by atoms with van der Waals surface area (Å²) < 4.78 is 2.07. The van der Waals surface area contributed by atoms with Gasteiger partial charge in [0.1, 0.15) is 0 Å². The van der Waals surface area contributed by atoms with Crippen molar-refractivity contribution < 1.29 is 0 Å². The maximum absolute atomic E-state index is 4.70. The number of nitrogens with zero attached hydrogens (tertiary/aromatic N) is 3. The zero-order chi connectivity index (χ0) is 14.4. The van der Waals surface area contributed by atoms with Gasteiger partial charge in [-0.1, -0.05) is 13.8 Å². The molecule has 0 spiro atoms. The van der Waals surface area contributed by atoms with Crippen LogP contribution in [0.3, 0.4) is 0 Å². The standard InChI is InChI=1S/C15H24N4S/c1-4-7-17-14(15-10-16-11-20-15)9-13-6-8-19(18-13)12(3)5-2/h6,8,10-12,14,17H,4-5,7,9H2,1-3H3. The van der Waals surface area contributed by atoms with E-state index < -0.39 is 0 Å². The molecule has 2 unspecified atom stereocenters. The Hall–Kier alpha value is -1.20. The molecule has 1 N–H and O–H groups in total. The van der Waals surface area contributed by atoms with Crippen molar-refractivity contribution in [2.24, 2.45) is 0 Å². The minimum absolute atomic E-state index is 0.322. The van der Waals surface area contributed by atoms with Crippen LogP contribution in [0.5, 0.6) is 0 Å². The highest BCUT2D eigenvalue weighted by molar-refractivity contribution is 7.09. The molecule has 2 aromatic rings. The summed E-state index contributed by atoms with van der Waals surface area (Å²) in [7, 11) is 0. The molecule has 5 heteroatoms. The van der Waals surface area contributed by atoms with Crippen molar-refractivity contribution in [2.45, 2.75) is 52.1 Å². The van der Waals surface area contributed by atoms with Crippen LogP contribution in [0.2, 0.25) is 0 Å². The van der Waals surface area contributed by atoms with Gasteiger partial charge in [0.2, 0.25) is 0 Å². The summed E-state index contributed by atoms with van der Waals surface area (Å²) in [6, 6.07) is 2.92. The first-order valence-corrected chi connectivity index (χ1v) is 8.28. The van der Waals surface area contributed by atoms with E-state index >= 15 is 0 Å². The smallest absolute Gasteiger partial charge is 0.0794 e. The van der Waals surface area contributed by atoms with Crippen molar-refractivity contribution in [2.75, 3.05) is 6.54 Å². The fourth-order valence-corrected chi connectivity index (χ4v) is 2.81. The number of nitrogens with one attached hydrogen (secondary N) is 1. The largest absolute Gasteiger partial charge is 0.309 e. The lowest BCUT2D eigenvalue weighted by Crippen LogP contribution is -2.23. The van der Waals surface area contributed by atoms with Gasteiger partial charge in [-0.3, -0.25) is 9.67 Å². The second-order valence-electron chi connectivity index (χ2n) is 5.16. The van der Waals surface area contributed by atoms with Gasteiger partial charge in [0.25, 0.3) is 0 Å². The Bertz CT molecular complexity index is 492. The van der Waals surface area contributed by atoms with Gasteiger partial charge in [-0.25, -0.2) is 0 Å². The molecule has 20 heavy (non-hydrogen) atoms. The highest BCUT2D eigenvalue weighted by Gasteiger charge is 2.15. The predicted octanol–water partition coefficient (Wildman–Crippen LogP) is 3.59. The van der Waals surface area contributed by atoms with Crippen LogP contribution in [0.1, 0.15) is 56.3 Å². The van der Waals surface area contributed by atoms with Crippen molar-refractivity contribution in [3.05, 3.63) is 34.5 Å². The molecule has 0 saturated carbocycles. The summed E-state index contributed by atoms with van der Waals surface area (Å²) in [5.74, 6) is 0. The van der Waals surface area contributed by atoms with Crippen molar-refractivity contribution in [1.29, 1.82) is 0 Å². The molecule has 0 radical (unpaired) electrons. The van der Waals surface area contributed by atoms with E-state index in [1.54, 1.807) is 11.3 Å². The average Bonchev–Trinajstić information content (AvgIpc) is 3.13. The van der Waals surface area contributed by atoms with Gasteiger partial charge in [-0.15, -0.1) is 11.3 Å². The first kappa shape index (κ1) is 15.2. The van der Waals surface area contributed by atoms with Gasteiger partial charge in [0.05, 0.1) is 11.2 Å². The van der Waals surface area contributed by atoms with Crippen LogP contribution >= 0.6 is 11.3 Å². The quantitative estimate of drug-likeness (QED) is 0.808. The van der Waals surface area contributed by atoms with E-state index in [0.717, 1.165) is 31.5 Å². The summed E-state index contributed by atoms with van der Waals surface area (Å²) in [6.45, 7) is 7.60. The maximum Gasteiger partial charge on any atom is 0.0794 e. The van der Waals surface area contributed by atoms with Crippen molar-refractivity contribution >= 4 is 11.3 Å². The summed E-state index contributed by atoms with van der Waals surface area (Å²) in [6.07, 6.45) is 7.21. The van der Waals surface area contributed by atoms with Crippen LogP contribution in [0.15, 0.2) is 24.0 Å². The van der Waals surface area contributed by atoms with Crippen LogP contribution in [-0.2, 0) is 6.42 Å². The van der Waals surface area contributed by atoms with Gasteiger partial charge < -0.3 is 5.32 Å². The van der Waals surface area contributed by atoms with E-state index in [1.165, 1.54) is 4.88 Å². The minimum Gasteiger partial charge on any atom is -0.309 e. The van der Waals surface area contributed by atoms with Gasteiger partial charge >= 0.3 is 0 Å². The fraction of sp³-hybridized carbons (Fsp3) is 0.600. The zero-order valence-electron chi connectivity index (χ0n) is 12.5. The van der Waals surface area contributed by atoms with Crippen molar-refractivity contribution in [1.82, 2.24) is 20.1 Å². The maximum atomic E-state index is 4.70. The first-order chi connectivity index (χ1) is 9.74. The first-order valence-electron chi connectivity index (χ1n) is 7.40. The minimum atomic E-state index is 0.322. The van der Waals surface area contributed by atoms with Crippen molar-refractivity contribution in [3.8, 4) is 0 Å². The average molecular weight is 292 g/mol. The Morgan fingerprint density at radius 3 is 2.90 bits per heavy atom. The molecule has 0 fully saturated rings. The SMILES string of the molecule is CCCNC(Cc1ccn(C(C)CC)n1)c1cncs1. The Morgan fingerprint density at radius 2 is 2.25 bits per heavy atom. The van der Waals surface area contributed by atoms with Gasteiger partial charge in [-0.2, -0.15) is 5.10 Å². The van der Waals surface area contributed by atoms with E-state index in [-0.39, 0.29) is 0 Å². The fourth-order valence-electron chi connectivity index (χ4n) is 2.12. The zero-order valence-corrected chi connectivity index (χ0v) is 13.4. The summed E-state index contributed by atoms with van der Waals surface area (Å²) in [4.78, 5) is 5.48. The highest BCUT2D eigenvalue weighted by Crippen LogP contribution is 2.21. The number of thiazole rings is 1. The molecule has 2 heterocycles. The second-order valence-corrected chi connectivity index (χ2v) is 6.08. The molecule has 0 aliphatic rings. The summed E-state index contributed by atoms with van der Waals surface area (Å²) >= 11 is 1.71. The van der Waals surface area contributed by atoms with Gasteiger partial charge in [-0.05, 0) is 32.4 Å². The Balaban J connectivity index is 2.05. The monoisotopic (exact) mass is 292 g/mol. The molecule has 0 aliphatic heterocycles. The Labute approximate surface area is 125 Å². The molecular weight excluding hydrogens is 268 g/mol. The molecule has 110 valence electrons. The summed E-state index contributed by atoms with van der Waals surface area (Å²) in [5.41, 5.74) is 3.04. The molecular formula is C15H24N4S. The van der Waals surface area contributed by atoms with Crippen molar-refractivity contribution in [3.63, 3.8) is 0 Å². The Kier molecular flexibility index (Phi) is 5.73. The Morgan fingerprint density at radius 1 is 1.40 bits per heavy atom. The second kappa shape index (κ2) is 7.55. The van der Waals surface area contributed by atoms with Crippen LogP contribution in [0, 0.1) is 0 Å². The number of hydrogen-bond donors (Lipinski definition) is 1. The number of rotatable bonds is 8. The van der Waals surface area contributed by atoms with Crippen LogP contribution in [0.25, 0.3) is 0 Å². The molecule has 2 rings (SSSR count). The van der Waals surface area contributed by atoms with Gasteiger partial charge in [0.15, 0.2) is 0 Å². The normalized spacial score (nSPS) is 14.3. The molecule has 4 nitrogen and oxygen atoms in total. The molecule has 2 atom stereocenters. The third-order valence-corrected chi connectivity index (χ3v) is 4.44. The van der Waals surface area contributed by atoms with Crippen LogP contribution in [0.4, 0.5) is 0 Å². The van der Waals surface area contributed by atoms with Crippen LogP contribution in [-0.4, -0.2) is 21.3 Å². The molecule has 2 aromatic heterocycles. The third kappa shape index (κ3) is 3.90. The van der Waals surface area contributed by atoms with E-state index in [2.05, 4.69) is 48.0 Å². The van der Waals surface area contributed by atoms with E-state index in [1.807, 2.05) is 11.7 Å². The van der Waals surface area contributed by atoms with E-state index in [4.69, 9.17) is 5.10 Å². The lowest BCUT2D eigenvalue weighted by molar-refractivity contribution is 0.466. The summed E-state index contributed by atoms with van der Waals surface area (Å²) in [5, 5.41) is 8.29. The third-order valence-electron chi connectivity index (χ3n) is 3.55. The molecule has 0 aromatic carbocycles. The molecule has 0 aliphatic carbocycles. The van der Waals surface area contributed by atoms with Gasteiger partial charge in [0, 0.05) is 35.8 Å². The van der Waals surface area contributed by atoms with Crippen LogP contribution < -0.4 is 5.32 Å². The highest BCUT2D eigenvalue weighted by atomic mass is 32.1. The van der Waals surface area contributed by atoms with E-state index in [0.29, 0.717) is 12.1 Å². The molecule has 0 bridgehead atoms. The number of aromatic nitrogens is 3. The predicted molar refractivity (Wildman–Crippen MR) is 84.1 cm³/mol. The lowest BCUT2D eigenvalue weighted by Gasteiger charge is -2.15. The topological polar surface area (TPSA) is 42.7 Å². The molecule has 0 amide bonds.